The Morgan fingerprint density at radius 1 is 0.758 bits per heavy atom. The van der Waals surface area contributed by atoms with Crippen LogP contribution in [0.4, 0.5) is 0 Å². The molecule has 0 aromatic heterocycles. The van der Waals surface area contributed by atoms with E-state index in [2.05, 4.69) is 5.32 Å². The van der Waals surface area contributed by atoms with Crippen molar-refractivity contribution in [3.05, 3.63) is 89.5 Å². The lowest BCUT2D eigenvalue weighted by Crippen LogP contribution is -2.33. The van der Waals surface area contributed by atoms with Crippen LogP contribution in [-0.2, 0) is 9.53 Å². The summed E-state index contributed by atoms with van der Waals surface area (Å²) >= 11 is 0. The van der Waals surface area contributed by atoms with Crippen molar-refractivity contribution in [2.24, 2.45) is 0 Å². The molecule has 0 spiro atoms. The highest BCUT2D eigenvalue weighted by Gasteiger charge is 2.18. The maximum Gasteiger partial charge on any atom is 0.338 e. The molecule has 0 aliphatic carbocycles. The Kier molecular flexibility index (Phi) is 8.30. The standard InChI is InChI=1S/C26H27NO6/c1-4-32-26(29)20-9-15-23(16-10-20)33-17-24(28)27-25(18-5-11-21(30-2)12-6-18)19-7-13-22(31-3)14-8-19/h5-16,25H,4,17H2,1-3H3,(H,27,28). The Morgan fingerprint density at radius 2 is 1.24 bits per heavy atom. The van der Waals surface area contributed by atoms with Gasteiger partial charge in [0.25, 0.3) is 5.91 Å². The molecule has 1 N–H and O–H groups in total. The number of rotatable bonds is 10. The summed E-state index contributed by atoms with van der Waals surface area (Å²) in [6.45, 7) is 1.88. The molecule has 3 aromatic rings. The van der Waals surface area contributed by atoms with Crippen LogP contribution in [0, 0.1) is 0 Å². The van der Waals surface area contributed by atoms with Crippen molar-refractivity contribution in [3.8, 4) is 17.2 Å². The van der Waals surface area contributed by atoms with Gasteiger partial charge in [-0.2, -0.15) is 0 Å². The van der Waals surface area contributed by atoms with Crippen molar-refractivity contribution < 1.29 is 28.5 Å². The Labute approximate surface area is 193 Å². The van der Waals surface area contributed by atoms with Gasteiger partial charge in [0.05, 0.1) is 32.4 Å². The summed E-state index contributed by atoms with van der Waals surface area (Å²) in [6, 6.07) is 21.1. The third kappa shape index (κ3) is 6.49. The van der Waals surface area contributed by atoms with E-state index >= 15 is 0 Å². The van der Waals surface area contributed by atoms with Crippen molar-refractivity contribution in [1.29, 1.82) is 0 Å². The van der Waals surface area contributed by atoms with E-state index in [0.717, 1.165) is 22.6 Å². The van der Waals surface area contributed by atoms with Crippen LogP contribution >= 0.6 is 0 Å². The van der Waals surface area contributed by atoms with Gasteiger partial charge in [-0.15, -0.1) is 0 Å². The van der Waals surface area contributed by atoms with E-state index in [1.165, 1.54) is 0 Å². The highest BCUT2D eigenvalue weighted by atomic mass is 16.5. The first-order valence-corrected chi connectivity index (χ1v) is 10.5. The molecule has 7 heteroatoms. The van der Waals surface area contributed by atoms with E-state index in [-0.39, 0.29) is 18.6 Å². The van der Waals surface area contributed by atoms with E-state index in [1.807, 2.05) is 48.5 Å². The van der Waals surface area contributed by atoms with E-state index < -0.39 is 5.97 Å². The maximum absolute atomic E-state index is 12.7. The third-order valence-corrected chi connectivity index (χ3v) is 4.94. The molecule has 0 radical (unpaired) electrons. The van der Waals surface area contributed by atoms with Gasteiger partial charge in [-0.25, -0.2) is 4.79 Å². The van der Waals surface area contributed by atoms with Gasteiger partial charge in [0, 0.05) is 0 Å². The highest BCUT2D eigenvalue weighted by Crippen LogP contribution is 2.26. The zero-order chi connectivity index (χ0) is 23.6. The van der Waals surface area contributed by atoms with Crippen molar-refractivity contribution in [3.63, 3.8) is 0 Å². The van der Waals surface area contributed by atoms with Gasteiger partial charge >= 0.3 is 5.97 Å². The average Bonchev–Trinajstić information content (AvgIpc) is 2.86. The third-order valence-electron chi connectivity index (χ3n) is 4.94. The zero-order valence-electron chi connectivity index (χ0n) is 18.9. The summed E-state index contributed by atoms with van der Waals surface area (Å²) in [4.78, 5) is 24.5. The number of hydrogen-bond acceptors (Lipinski definition) is 6. The quantitative estimate of drug-likeness (QED) is 0.468. The highest BCUT2D eigenvalue weighted by molar-refractivity contribution is 5.89. The lowest BCUT2D eigenvalue weighted by Gasteiger charge is -2.20. The fourth-order valence-corrected chi connectivity index (χ4v) is 3.21. The second kappa shape index (κ2) is 11.6. The number of ether oxygens (including phenoxy) is 4. The Hall–Kier alpha value is -4.00. The molecule has 0 fully saturated rings. The molecule has 0 atom stereocenters. The molecule has 7 nitrogen and oxygen atoms in total. The molecular weight excluding hydrogens is 422 g/mol. The Morgan fingerprint density at radius 3 is 1.70 bits per heavy atom. The molecule has 0 saturated heterocycles. The molecule has 0 saturated carbocycles. The average molecular weight is 450 g/mol. The molecule has 3 aromatic carbocycles. The first-order chi connectivity index (χ1) is 16.0. The van der Waals surface area contributed by atoms with Gasteiger partial charge in [0.15, 0.2) is 6.61 Å². The van der Waals surface area contributed by atoms with Crippen LogP contribution < -0.4 is 19.5 Å². The number of hydrogen-bond donors (Lipinski definition) is 1. The van der Waals surface area contributed by atoms with Gasteiger partial charge in [-0.3, -0.25) is 4.79 Å². The topological polar surface area (TPSA) is 83.1 Å². The predicted octanol–water partition coefficient (Wildman–Crippen LogP) is 4.17. The number of benzene rings is 3. The van der Waals surface area contributed by atoms with Crippen molar-refractivity contribution in [1.82, 2.24) is 5.32 Å². The zero-order valence-corrected chi connectivity index (χ0v) is 18.9. The monoisotopic (exact) mass is 449 g/mol. The fourth-order valence-electron chi connectivity index (χ4n) is 3.21. The molecule has 1 amide bonds. The minimum absolute atomic E-state index is 0.179. The molecule has 3 rings (SSSR count). The molecule has 172 valence electrons. The number of methoxy groups -OCH3 is 2. The van der Waals surface area contributed by atoms with E-state index in [4.69, 9.17) is 18.9 Å². The van der Waals surface area contributed by atoms with Gasteiger partial charge in [-0.1, -0.05) is 24.3 Å². The molecular formula is C26H27NO6. The van der Waals surface area contributed by atoms with Gasteiger partial charge in [0.2, 0.25) is 0 Å². The van der Waals surface area contributed by atoms with Crippen LogP contribution in [-0.4, -0.2) is 39.3 Å². The van der Waals surface area contributed by atoms with Gasteiger partial charge in [0.1, 0.15) is 17.2 Å². The fraction of sp³-hybridized carbons (Fsp3) is 0.231. The summed E-state index contributed by atoms with van der Waals surface area (Å²) in [6.07, 6.45) is 0. The van der Waals surface area contributed by atoms with E-state index in [0.29, 0.717) is 17.9 Å². The van der Waals surface area contributed by atoms with Crippen LogP contribution in [0.1, 0.15) is 34.5 Å². The number of carbonyl (C=O) groups excluding carboxylic acids is 2. The van der Waals surface area contributed by atoms with Crippen molar-refractivity contribution in [2.45, 2.75) is 13.0 Å². The maximum atomic E-state index is 12.7. The van der Waals surface area contributed by atoms with Crippen LogP contribution in [0.3, 0.4) is 0 Å². The van der Waals surface area contributed by atoms with Crippen LogP contribution in [0.5, 0.6) is 17.2 Å². The molecule has 0 bridgehead atoms. The number of nitrogens with one attached hydrogen (secondary N) is 1. The van der Waals surface area contributed by atoms with E-state index in [9.17, 15) is 9.59 Å². The summed E-state index contributed by atoms with van der Waals surface area (Å²) < 4.78 is 21.0. The molecule has 0 aliphatic rings. The Balaban J connectivity index is 1.69. The second-order valence-corrected chi connectivity index (χ2v) is 7.08. The van der Waals surface area contributed by atoms with E-state index in [1.54, 1.807) is 45.4 Å². The summed E-state index contributed by atoms with van der Waals surface area (Å²) in [5, 5.41) is 3.02. The molecule has 0 heterocycles. The lowest BCUT2D eigenvalue weighted by molar-refractivity contribution is -0.123. The van der Waals surface area contributed by atoms with Crippen molar-refractivity contribution >= 4 is 11.9 Å². The van der Waals surface area contributed by atoms with Gasteiger partial charge in [-0.05, 0) is 66.6 Å². The van der Waals surface area contributed by atoms with Crippen LogP contribution in [0.2, 0.25) is 0 Å². The minimum Gasteiger partial charge on any atom is -0.497 e. The lowest BCUT2D eigenvalue weighted by atomic mass is 9.98. The first kappa shape index (κ1) is 23.7. The molecule has 0 unspecified atom stereocenters. The normalized spacial score (nSPS) is 10.4. The number of esters is 1. The van der Waals surface area contributed by atoms with Crippen LogP contribution in [0.15, 0.2) is 72.8 Å². The van der Waals surface area contributed by atoms with Crippen molar-refractivity contribution in [2.75, 3.05) is 27.4 Å². The SMILES string of the molecule is CCOC(=O)c1ccc(OCC(=O)NC(c2ccc(OC)cc2)c2ccc(OC)cc2)cc1. The second-order valence-electron chi connectivity index (χ2n) is 7.08. The molecule has 33 heavy (non-hydrogen) atoms. The minimum atomic E-state index is -0.399. The summed E-state index contributed by atoms with van der Waals surface area (Å²) in [5.41, 5.74) is 2.22. The predicted molar refractivity (Wildman–Crippen MR) is 124 cm³/mol. The summed E-state index contributed by atoms with van der Waals surface area (Å²) in [5.74, 6) is 1.25. The number of carbonyl (C=O) groups is 2. The van der Waals surface area contributed by atoms with Gasteiger partial charge < -0.3 is 24.3 Å². The van der Waals surface area contributed by atoms with Crippen LogP contribution in [0.25, 0.3) is 0 Å². The smallest absolute Gasteiger partial charge is 0.338 e. The summed E-state index contributed by atoms with van der Waals surface area (Å²) in [7, 11) is 3.21. The molecule has 0 aliphatic heterocycles. The largest absolute Gasteiger partial charge is 0.497 e. The Bertz CT molecular complexity index is 998. The number of amides is 1. The first-order valence-electron chi connectivity index (χ1n) is 10.5.